The molecule has 0 bridgehead atoms. The van der Waals surface area contributed by atoms with Crippen LogP contribution in [0.25, 0.3) is 0 Å². The molecule has 2 amide bonds. The molecule has 166 valence electrons. The van der Waals surface area contributed by atoms with Crippen molar-refractivity contribution in [2.24, 2.45) is 0 Å². The zero-order chi connectivity index (χ0) is 22.9. The molecular weight excluding hydrogens is 471 g/mol. The zero-order valence-electron chi connectivity index (χ0n) is 17.3. The minimum absolute atomic E-state index is 0.00982. The summed E-state index contributed by atoms with van der Waals surface area (Å²) >= 11 is 13.1. The predicted molar refractivity (Wildman–Crippen MR) is 126 cm³/mol. The van der Waals surface area contributed by atoms with E-state index >= 15 is 0 Å². The van der Waals surface area contributed by atoms with Crippen molar-refractivity contribution in [3.8, 4) is 5.75 Å². The average Bonchev–Trinajstić information content (AvgIpc) is 3.37. The SMILES string of the molecule is CC(C)(Oc1ccc(Cl)cc1)C(=O)Nc1nnc(C2CC(=O)N(c3ccc(Cl)cc3)C2)s1. The Labute approximate surface area is 199 Å². The van der Waals surface area contributed by atoms with E-state index in [1.165, 1.54) is 11.3 Å². The number of rotatable bonds is 6. The van der Waals surface area contributed by atoms with Crippen LogP contribution in [0.4, 0.5) is 10.8 Å². The van der Waals surface area contributed by atoms with Crippen LogP contribution in [0, 0.1) is 0 Å². The Morgan fingerprint density at radius 3 is 2.38 bits per heavy atom. The summed E-state index contributed by atoms with van der Waals surface area (Å²) in [6.45, 7) is 3.82. The number of anilines is 2. The first kappa shape index (κ1) is 22.5. The molecule has 1 aromatic heterocycles. The first-order valence-electron chi connectivity index (χ1n) is 9.86. The number of aromatic nitrogens is 2. The highest BCUT2D eigenvalue weighted by molar-refractivity contribution is 7.15. The van der Waals surface area contributed by atoms with Gasteiger partial charge in [0.05, 0.1) is 0 Å². The lowest BCUT2D eigenvalue weighted by atomic mass is 10.1. The van der Waals surface area contributed by atoms with E-state index in [0.29, 0.717) is 38.9 Å². The van der Waals surface area contributed by atoms with Gasteiger partial charge in [-0.05, 0) is 62.4 Å². The van der Waals surface area contributed by atoms with Gasteiger partial charge in [-0.2, -0.15) is 0 Å². The molecule has 2 aromatic carbocycles. The smallest absolute Gasteiger partial charge is 0.269 e. The van der Waals surface area contributed by atoms with Crippen molar-refractivity contribution in [1.29, 1.82) is 0 Å². The summed E-state index contributed by atoms with van der Waals surface area (Å²) in [6.07, 6.45) is 0.330. The van der Waals surface area contributed by atoms with Crippen LogP contribution in [0.15, 0.2) is 48.5 Å². The molecule has 1 unspecified atom stereocenters. The third-order valence-corrected chi connectivity index (χ3v) is 6.51. The van der Waals surface area contributed by atoms with E-state index in [1.807, 2.05) is 12.1 Å². The molecule has 1 aliphatic heterocycles. The van der Waals surface area contributed by atoms with Crippen LogP contribution < -0.4 is 15.0 Å². The monoisotopic (exact) mass is 490 g/mol. The van der Waals surface area contributed by atoms with E-state index in [9.17, 15) is 9.59 Å². The Morgan fingerprint density at radius 1 is 1.09 bits per heavy atom. The molecule has 1 atom stereocenters. The van der Waals surface area contributed by atoms with Crippen molar-refractivity contribution in [3.05, 3.63) is 63.6 Å². The van der Waals surface area contributed by atoms with E-state index in [2.05, 4.69) is 15.5 Å². The maximum atomic E-state index is 12.8. The third kappa shape index (κ3) is 5.03. The second-order valence-electron chi connectivity index (χ2n) is 7.85. The molecule has 10 heteroatoms. The van der Waals surface area contributed by atoms with E-state index in [1.54, 1.807) is 55.1 Å². The number of carbonyl (C=O) groups is 2. The Bertz CT molecular complexity index is 1130. The fourth-order valence-corrected chi connectivity index (χ4v) is 4.37. The summed E-state index contributed by atoms with van der Waals surface area (Å²) in [6, 6.07) is 13.9. The number of nitrogens with one attached hydrogen (secondary N) is 1. The average molecular weight is 491 g/mol. The Morgan fingerprint density at radius 2 is 1.72 bits per heavy atom. The normalized spacial score (nSPS) is 16.3. The van der Waals surface area contributed by atoms with Crippen molar-refractivity contribution >= 4 is 57.2 Å². The molecule has 0 aliphatic carbocycles. The van der Waals surface area contributed by atoms with Crippen molar-refractivity contribution in [3.63, 3.8) is 0 Å². The summed E-state index contributed by atoms with van der Waals surface area (Å²) in [5.74, 6) is 0.0787. The lowest BCUT2D eigenvalue weighted by Gasteiger charge is -2.24. The number of hydrogen-bond donors (Lipinski definition) is 1. The molecule has 32 heavy (non-hydrogen) atoms. The standard InChI is InChI=1S/C22H20Cl2N4O3S/c1-22(2,31-17-9-5-15(24)6-10-17)20(30)25-21-27-26-19(32-21)13-11-18(29)28(12-13)16-7-3-14(23)4-8-16/h3-10,13H,11-12H2,1-2H3,(H,25,27,30). The number of nitrogens with zero attached hydrogens (tertiary/aromatic N) is 3. The summed E-state index contributed by atoms with van der Waals surface area (Å²) in [4.78, 5) is 27.0. The molecule has 1 N–H and O–H groups in total. The summed E-state index contributed by atoms with van der Waals surface area (Å²) in [5.41, 5.74) is -0.352. The van der Waals surface area contributed by atoms with E-state index in [-0.39, 0.29) is 17.7 Å². The highest BCUT2D eigenvalue weighted by Crippen LogP contribution is 2.35. The van der Waals surface area contributed by atoms with Crippen molar-refractivity contribution < 1.29 is 14.3 Å². The van der Waals surface area contributed by atoms with Gasteiger partial charge in [-0.3, -0.25) is 14.9 Å². The van der Waals surface area contributed by atoms with E-state index < -0.39 is 5.60 Å². The fraction of sp³-hybridized carbons (Fsp3) is 0.273. The number of carbonyl (C=O) groups excluding carboxylic acids is 2. The molecule has 2 heterocycles. The van der Waals surface area contributed by atoms with Gasteiger partial charge in [-0.1, -0.05) is 34.5 Å². The number of amides is 2. The van der Waals surface area contributed by atoms with Crippen molar-refractivity contribution in [2.75, 3.05) is 16.8 Å². The molecule has 0 spiro atoms. The van der Waals surface area contributed by atoms with Gasteiger partial charge >= 0.3 is 0 Å². The van der Waals surface area contributed by atoms with Crippen LogP contribution in [-0.2, 0) is 9.59 Å². The molecule has 1 fully saturated rings. The second-order valence-corrected chi connectivity index (χ2v) is 9.73. The molecule has 1 saturated heterocycles. The zero-order valence-corrected chi connectivity index (χ0v) is 19.7. The quantitative estimate of drug-likeness (QED) is 0.515. The third-order valence-electron chi connectivity index (χ3n) is 5.01. The Kier molecular flexibility index (Phi) is 6.37. The number of benzene rings is 2. The van der Waals surface area contributed by atoms with E-state index in [4.69, 9.17) is 27.9 Å². The lowest BCUT2D eigenvalue weighted by molar-refractivity contribution is -0.128. The largest absolute Gasteiger partial charge is 0.478 e. The van der Waals surface area contributed by atoms with Gasteiger partial charge in [0.1, 0.15) is 10.8 Å². The fourth-order valence-electron chi connectivity index (χ4n) is 3.28. The predicted octanol–water partition coefficient (Wildman–Crippen LogP) is 5.16. The van der Waals surface area contributed by atoms with Gasteiger partial charge < -0.3 is 9.64 Å². The van der Waals surface area contributed by atoms with Gasteiger partial charge in [-0.25, -0.2) is 0 Å². The summed E-state index contributed by atoms with van der Waals surface area (Å²) in [7, 11) is 0. The van der Waals surface area contributed by atoms with Crippen LogP contribution in [0.3, 0.4) is 0 Å². The van der Waals surface area contributed by atoms with Crippen LogP contribution in [0.5, 0.6) is 5.75 Å². The highest BCUT2D eigenvalue weighted by atomic mass is 35.5. The minimum Gasteiger partial charge on any atom is -0.478 e. The van der Waals surface area contributed by atoms with Gasteiger partial charge in [0.25, 0.3) is 5.91 Å². The Hall–Kier alpha value is -2.68. The molecule has 7 nitrogen and oxygen atoms in total. The van der Waals surface area contributed by atoms with Crippen molar-refractivity contribution in [2.45, 2.75) is 31.8 Å². The lowest BCUT2D eigenvalue weighted by Crippen LogP contribution is -2.42. The van der Waals surface area contributed by atoms with Gasteiger partial charge in [-0.15, -0.1) is 10.2 Å². The first-order valence-corrected chi connectivity index (χ1v) is 11.4. The topological polar surface area (TPSA) is 84.4 Å². The summed E-state index contributed by atoms with van der Waals surface area (Å²) in [5, 5.41) is 13.3. The molecule has 0 saturated carbocycles. The molecule has 0 radical (unpaired) electrons. The number of ether oxygens (including phenoxy) is 1. The van der Waals surface area contributed by atoms with Crippen LogP contribution in [-0.4, -0.2) is 34.2 Å². The van der Waals surface area contributed by atoms with Crippen LogP contribution in [0.2, 0.25) is 10.0 Å². The van der Waals surface area contributed by atoms with Gasteiger partial charge in [0.15, 0.2) is 5.60 Å². The summed E-state index contributed by atoms with van der Waals surface area (Å²) < 4.78 is 5.81. The molecule has 3 aromatic rings. The molecular formula is C22H20Cl2N4O3S. The van der Waals surface area contributed by atoms with Gasteiger partial charge in [0, 0.05) is 34.6 Å². The van der Waals surface area contributed by atoms with Crippen LogP contribution >= 0.6 is 34.5 Å². The first-order chi connectivity index (χ1) is 15.2. The Balaban J connectivity index is 1.40. The highest BCUT2D eigenvalue weighted by Gasteiger charge is 2.35. The minimum atomic E-state index is -1.14. The van der Waals surface area contributed by atoms with Gasteiger partial charge in [0.2, 0.25) is 11.0 Å². The maximum Gasteiger partial charge on any atom is 0.269 e. The second kappa shape index (κ2) is 9.05. The van der Waals surface area contributed by atoms with Crippen molar-refractivity contribution in [1.82, 2.24) is 10.2 Å². The molecule has 4 rings (SSSR count). The number of halogens is 2. The molecule has 1 aliphatic rings. The van der Waals surface area contributed by atoms with E-state index in [0.717, 1.165) is 5.69 Å². The van der Waals surface area contributed by atoms with Crippen LogP contribution in [0.1, 0.15) is 31.2 Å². The maximum absolute atomic E-state index is 12.8. The number of hydrogen-bond acceptors (Lipinski definition) is 6.